The van der Waals surface area contributed by atoms with Crippen molar-refractivity contribution < 1.29 is 18.7 Å². The molecule has 6 heteroatoms. The van der Waals surface area contributed by atoms with Crippen molar-refractivity contribution in [3.05, 3.63) is 35.0 Å². The van der Waals surface area contributed by atoms with E-state index in [0.717, 1.165) is 0 Å². The van der Waals surface area contributed by atoms with Crippen LogP contribution >= 0.6 is 11.6 Å². The van der Waals surface area contributed by atoms with Gasteiger partial charge in [-0.1, -0.05) is 11.6 Å². The summed E-state index contributed by atoms with van der Waals surface area (Å²) in [6, 6.07) is 6.55. The summed E-state index contributed by atoms with van der Waals surface area (Å²) in [5.41, 5.74) is 0.157. The van der Waals surface area contributed by atoms with Gasteiger partial charge in [0.1, 0.15) is 5.58 Å². The highest BCUT2D eigenvalue weighted by Crippen LogP contribution is 2.23. The van der Waals surface area contributed by atoms with Crippen LogP contribution in [-0.2, 0) is 9.53 Å². The second-order valence-electron chi connectivity index (χ2n) is 5.67. The van der Waals surface area contributed by atoms with Crippen molar-refractivity contribution in [2.75, 3.05) is 6.61 Å². The molecule has 0 fully saturated rings. The molecule has 2 rings (SSSR count). The average Bonchev–Trinajstić information content (AvgIpc) is 2.76. The zero-order valence-corrected chi connectivity index (χ0v) is 12.8. The highest BCUT2D eigenvalue weighted by atomic mass is 35.5. The van der Waals surface area contributed by atoms with Crippen molar-refractivity contribution in [1.82, 2.24) is 5.32 Å². The summed E-state index contributed by atoms with van der Waals surface area (Å²) in [4.78, 5) is 23.4. The van der Waals surface area contributed by atoms with E-state index in [1.807, 2.05) is 20.8 Å². The van der Waals surface area contributed by atoms with Crippen LogP contribution in [0.2, 0.25) is 5.02 Å². The van der Waals surface area contributed by atoms with E-state index in [1.54, 1.807) is 18.2 Å². The SMILES string of the molecule is CC(C)(C)NC(=O)COC(=O)c1cc2cc(Cl)ccc2o1. The number of carbonyl (C=O) groups is 2. The van der Waals surface area contributed by atoms with E-state index < -0.39 is 5.97 Å². The van der Waals surface area contributed by atoms with Crippen LogP contribution in [-0.4, -0.2) is 24.0 Å². The lowest BCUT2D eigenvalue weighted by Crippen LogP contribution is -2.42. The van der Waals surface area contributed by atoms with Crippen LogP contribution in [0.4, 0.5) is 0 Å². The van der Waals surface area contributed by atoms with Crippen LogP contribution in [0.25, 0.3) is 11.0 Å². The second-order valence-corrected chi connectivity index (χ2v) is 6.10. The smallest absolute Gasteiger partial charge is 0.374 e. The van der Waals surface area contributed by atoms with E-state index in [1.165, 1.54) is 6.07 Å². The predicted molar refractivity (Wildman–Crippen MR) is 79.4 cm³/mol. The number of carbonyl (C=O) groups excluding carboxylic acids is 2. The zero-order valence-electron chi connectivity index (χ0n) is 12.0. The monoisotopic (exact) mass is 309 g/mol. The standard InChI is InChI=1S/C15H16ClNO4/c1-15(2,3)17-13(18)8-20-14(19)12-7-9-6-10(16)4-5-11(9)21-12/h4-7H,8H2,1-3H3,(H,17,18). The fourth-order valence-corrected chi connectivity index (χ4v) is 1.95. The van der Waals surface area contributed by atoms with Crippen molar-refractivity contribution in [3.8, 4) is 0 Å². The lowest BCUT2D eigenvalue weighted by atomic mass is 10.1. The number of ether oxygens (including phenoxy) is 1. The third-order valence-electron chi connectivity index (χ3n) is 2.53. The maximum absolute atomic E-state index is 11.8. The first-order valence-electron chi connectivity index (χ1n) is 6.42. The maximum atomic E-state index is 11.8. The molecule has 1 aromatic carbocycles. The predicted octanol–water partition coefficient (Wildman–Crippen LogP) is 3.16. The van der Waals surface area contributed by atoms with Crippen molar-refractivity contribution in [3.63, 3.8) is 0 Å². The van der Waals surface area contributed by atoms with Crippen LogP contribution in [0, 0.1) is 0 Å². The quantitative estimate of drug-likeness (QED) is 0.884. The van der Waals surface area contributed by atoms with Gasteiger partial charge in [-0.05, 0) is 45.0 Å². The van der Waals surface area contributed by atoms with Gasteiger partial charge >= 0.3 is 5.97 Å². The summed E-state index contributed by atoms with van der Waals surface area (Å²) in [5.74, 6) is -1.02. The molecule has 5 nitrogen and oxygen atoms in total. The number of amides is 1. The van der Waals surface area contributed by atoms with Gasteiger partial charge in [-0.25, -0.2) is 4.79 Å². The van der Waals surface area contributed by atoms with Gasteiger partial charge in [0, 0.05) is 15.9 Å². The minimum absolute atomic E-state index is 0.0378. The molecule has 0 unspecified atom stereocenters. The molecule has 1 heterocycles. The molecule has 1 amide bonds. The number of esters is 1. The highest BCUT2D eigenvalue weighted by Gasteiger charge is 2.18. The van der Waals surface area contributed by atoms with Gasteiger partial charge in [-0.3, -0.25) is 4.79 Å². The van der Waals surface area contributed by atoms with Crippen molar-refractivity contribution in [1.29, 1.82) is 0 Å². The lowest BCUT2D eigenvalue weighted by molar-refractivity contribution is -0.125. The molecule has 0 aliphatic rings. The number of halogens is 1. The fraction of sp³-hybridized carbons (Fsp3) is 0.333. The topological polar surface area (TPSA) is 68.5 Å². The molecule has 0 aliphatic carbocycles. The number of rotatable bonds is 3. The summed E-state index contributed by atoms with van der Waals surface area (Å²) in [7, 11) is 0. The lowest BCUT2D eigenvalue weighted by Gasteiger charge is -2.20. The largest absolute Gasteiger partial charge is 0.450 e. The molecule has 0 spiro atoms. The Balaban J connectivity index is 2.01. The molecule has 21 heavy (non-hydrogen) atoms. The van der Waals surface area contributed by atoms with Gasteiger partial charge in [0.05, 0.1) is 0 Å². The number of benzene rings is 1. The third kappa shape index (κ3) is 4.23. The first-order valence-corrected chi connectivity index (χ1v) is 6.80. The van der Waals surface area contributed by atoms with Crippen molar-refractivity contribution >= 4 is 34.4 Å². The first-order chi connectivity index (χ1) is 9.74. The van der Waals surface area contributed by atoms with Crippen molar-refractivity contribution in [2.45, 2.75) is 26.3 Å². The summed E-state index contributed by atoms with van der Waals surface area (Å²) in [6.07, 6.45) is 0. The summed E-state index contributed by atoms with van der Waals surface area (Å²) in [5, 5.41) is 3.95. The normalized spacial score (nSPS) is 11.4. The van der Waals surface area contributed by atoms with E-state index in [9.17, 15) is 9.59 Å². The molecular weight excluding hydrogens is 294 g/mol. The third-order valence-corrected chi connectivity index (χ3v) is 2.76. The second kappa shape index (κ2) is 5.77. The Labute approximate surface area is 127 Å². The molecule has 0 bridgehead atoms. The first kappa shape index (κ1) is 15.4. The van der Waals surface area contributed by atoms with E-state index >= 15 is 0 Å². The van der Waals surface area contributed by atoms with E-state index in [2.05, 4.69) is 5.32 Å². The molecule has 1 aromatic heterocycles. The Morgan fingerprint density at radius 2 is 2.00 bits per heavy atom. The van der Waals surface area contributed by atoms with Crippen LogP contribution in [0.5, 0.6) is 0 Å². The Bertz CT molecular complexity index is 685. The summed E-state index contributed by atoms with van der Waals surface area (Å²) in [6.45, 7) is 5.18. The van der Waals surface area contributed by atoms with Crippen LogP contribution in [0.15, 0.2) is 28.7 Å². The van der Waals surface area contributed by atoms with E-state index in [-0.39, 0.29) is 23.8 Å². The van der Waals surface area contributed by atoms with Gasteiger partial charge in [-0.2, -0.15) is 0 Å². The Morgan fingerprint density at radius 1 is 1.29 bits per heavy atom. The number of nitrogens with one attached hydrogen (secondary N) is 1. The number of fused-ring (bicyclic) bond motifs is 1. The van der Waals surface area contributed by atoms with Gasteiger partial charge in [0.15, 0.2) is 6.61 Å². The van der Waals surface area contributed by atoms with Gasteiger partial charge < -0.3 is 14.5 Å². The molecule has 0 aliphatic heterocycles. The molecule has 0 atom stereocenters. The molecule has 1 N–H and O–H groups in total. The summed E-state index contributed by atoms with van der Waals surface area (Å²) >= 11 is 5.86. The minimum atomic E-state index is -0.689. The molecule has 0 radical (unpaired) electrons. The average molecular weight is 310 g/mol. The zero-order chi connectivity index (χ0) is 15.6. The Kier molecular flexibility index (Phi) is 4.23. The number of hydrogen-bond donors (Lipinski definition) is 1. The molecule has 112 valence electrons. The molecule has 0 saturated heterocycles. The van der Waals surface area contributed by atoms with Crippen molar-refractivity contribution in [2.24, 2.45) is 0 Å². The summed E-state index contributed by atoms with van der Waals surface area (Å²) < 4.78 is 10.3. The molecular formula is C15H16ClNO4. The Morgan fingerprint density at radius 3 is 2.67 bits per heavy atom. The Hall–Kier alpha value is -2.01. The fourth-order valence-electron chi connectivity index (χ4n) is 1.77. The van der Waals surface area contributed by atoms with Crippen LogP contribution in [0.1, 0.15) is 31.3 Å². The van der Waals surface area contributed by atoms with Crippen LogP contribution in [0.3, 0.4) is 0 Å². The van der Waals surface area contributed by atoms with E-state index in [0.29, 0.717) is 16.0 Å². The van der Waals surface area contributed by atoms with E-state index in [4.69, 9.17) is 20.8 Å². The minimum Gasteiger partial charge on any atom is -0.450 e. The van der Waals surface area contributed by atoms with Gasteiger partial charge in [0.2, 0.25) is 5.76 Å². The van der Waals surface area contributed by atoms with Gasteiger partial charge in [-0.15, -0.1) is 0 Å². The maximum Gasteiger partial charge on any atom is 0.374 e. The van der Waals surface area contributed by atoms with Gasteiger partial charge in [0.25, 0.3) is 5.91 Å². The van der Waals surface area contributed by atoms with Crippen LogP contribution < -0.4 is 5.32 Å². The number of hydrogen-bond acceptors (Lipinski definition) is 4. The molecule has 0 saturated carbocycles. The molecule has 2 aromatic rings. The number of furan rings is 1. The highest BCUT2D eigenvalue weighted by molar-refractivity contribution is 6.31.